The molecule has 0 amide bonds. The van der Waals surface area contributed by atoms with Crippen LogP contribution in [0.1, 0.15) is 0 Å². The first-order valence-electron chi connectivity index (χ1n) is 3.65. The average Bonchev–Trinajstić information content (AvgIpc) is 2.03. The maximum absolute atomic E-state index is 10.6. The molecule has 0 bridgehead atoms. The summed E-state index contributed by atoms with van der Waals surface area (Å²) in [6.45, 7) is 4.15. The molecule has 0 aromatic rings. The lowest BCUT2D eigenvalue weighted by atomic mass is 10.2. The van der Waals surface area contributed by atoms with Crippen molar-refractivity contribution in [3.8, 4) is 0 Å². The summed E-state index contributed by atoms with van der Waals surface area (Å²) in [5, 5.41) is 8.69. The second-order valence-corrected chi connectivity index (χ2v) is 2.33. The van der Waals surface area contributed by atoms with Crippen molar-refractivity contribution in [2.24, 2.45) is 11.5 Å². The van der Waals surface area contributed by atoms with Crippen molar-refractivity contribution < 1.29 is 9.90 Å². The largest absolute Gasteiger partial charge is 0.480 e. The Kier molecular flexibility index (Phi) is 5.27. The monoisotopic (exact) mass is 173 g/mol. The minimum atomic E-state index is -0.954. The van der Waals surface area contributed by atoms with Gasteiger partial charge in [-0.25, -0.2) is 0 Å². The SMILES string of the molecule is C=CCN(CN)C(CN)C(=O)O. The number of carboxylic acids is 1. The molecule has 1 atom stereocenters. The van der Waals surface area contributed by atoms with Gasteiger partial charge >= 0.3 is 5.97 Å². The van der Waals surface area contributed by atoms with Gasteiger partial charge in [0.05, 0.1) is 0 Å². The van der Waals surface area contributed by atoms with Crippen molar-refractivity contribution >= 4 is 5.97 Å². The van der Waals surface area contributed by atoms with Crippen LogP contribution in [0.3, 0.4) is 0 Å². The number of hydrogen-bond donors (Lipinski definition) is 3. The van der Waals surface area contributed by atoms with E-state index in [0.717, 1.165) is 0 Å². The van der Waals surface area contributed by atoms with Gasteiger partial charge in [-0.05, 0) is 0 Å². The summed E-state index contributed by atoms with van der Waals surface area (Å²) in [5.41, 5.74) is 10.6. The van der Waals surface area contributed by atoms with Gasteiger partial charge in [-0.3, -0.25) is 9.69 Å². The second kappa shape index (κ2) is 5.70. The summed E-state index contributed by atoms with van der Waals surface area (Å²) in [4.78, 5) is 12.1. The molecule has 70 valence electrons. The number of aliphatic carboxylic acids is 1. The highest BCUT2D eigenvalue weighted by Crippen LogP contribution is 1.95. The van der Waals surface area contributed by atoms with Crippen molar-refractivity contribution in [3.05, 3.63) is 12.7 Å². The van der Waals surface area contributed by atoms with Crippen LogP contribution in [0.15, 0.2) is 12.7 Å². The lowest BCUT2D eigenvalue weighted by Gasteiger charge is -2.24. The highest BCUT2D eigenvalue weighted by molar-refractivity contribution is 5.73. The third-order valence-electron chi connectivity index (χ3n) is 1.55. The molecule has 0 aromatic carbocycles. The zero-order valence-electron chi connectivity index (χ0n) is 6.94. The second-order valence-electron chi connectivity index (χ2n) is 2.33. The minimum absolute atomic E-state index is 0.0559. The Hall–Kier alpha value is -0.910. The fraction of sp³-hybridized carbons (Fsp3) is 0.571. The van der Waals surface area contributed by atoms with Crippen molar-refractivity contribution in [1.82, 2.24) is 4.90 Å². The van der Waals surface area contributed by atoms with Crippen molar-refractivity contribution in [1.29, 1.82) is 0 Å². The van der Waals surface area contributed by atoms with Crippen LogP contribution < -0.4 is 11.5 Å². The smallest absolute Gasteiger partial charge is 0.322 e. The fourth-order valence-corrected chi connectivity index (χ4v) is 0.901. The Balaban J connectivity index is 4.21. The van der Waals surface area contributed by atoms with Gasteiger partial charge in [0.15, 0.2) is 0 Å². The molecule has 0 fully saturated rings. The van der Waals surface area contributed by atoms with E-state index >= 15 is 0 Å². The summed E-state index contributed by atoms with van der Waals surface area (Å²) in [6, 6.07) is -0.715. The van der Waals surface area contributed by atoms with Gasteiger partial charge in [-0.2, -0.15) is 0 Å². The molecule has 5 heteroatoms. The molecular formula is C7H15N3O2. The predicted molar refractivity (Wildman–Crippen MR) is 46.4 cm³/mol. The van der Waals surface area contributed by atoms with Crippen molar-refractivity contribution in [3.63, 3.8) is 0 Å². The third-order valence-corrected chi connectivity index (χ3v) is 1.55. The molecule has 0 aliphatic rings. The van der Waals surface area contributed by atoms with E-state index in [-0.39, 0.29) is 13.2 Å². The molecule has 0 heterocycles. The topological polar surface area (TPSA) is 92.6 Å². The minimum Gasteiger partial charge on any atom is -0.480 e. The predicted octanol–water partition coefficient (Wildman–Crippen LogP) is -1.20. The van der Waals surface area contributed by atoms with Gasteiger partial charge in [-0.1, -0.05) is 6.08 Å². The zero-order chi connectivity index (χ0) is 9.56. The van der Waals surface area contributed by atoms with Gasteiger partial charge in [-0.15, -0.1) is 6.58 Å². The van der Waals surface area contributed by atoms with Crippen LogP contribution in [-0.4, -0.2) is 41.8 Å². The van der Waals surface area contributed by atoms with Gasteiger partial charge < -0.3 is 16.6 Å². The molecule has 0 aromatic heterocycles. The summed E-state index contributed by atoms with van der Waals surface area (Å²) in [6.07, 6.45) is 1.60. The highest BCUT2D eigenvalue weighted by atomic mass is 16.4. The molecular weight excluding hydrogens is 158 g/mol. The Morgan fingerprint density at radius 3 is 2.50 bits per heavy atom. The lowest BCUT2D eigenvalue weighted by Crippen LogP contribution is -2.48. The van der Waals surface area contributed by atoms with E-state index in [1.165, 1.54) is 4.90 Å². The van der Waals surface area contributed by atoms with Gasteiger partial charge in [0.2, 0.25) is 0 Å². The van der Waals surface area contributed by atoms with Gasteiger partial charge in [0, 0.05) is 19.8 Å². The van der Waals surface area contributed by atoms with E-state index in [1.807, 2.05) is 0 Å². The summed E-state index contributed by atoms with van der Waals surface area (Å²) in [7, 11) is 0. The molecule has 0 radical (unpaired) electrons. The molecule has 5 N–H and O–H groups in total. The number of hydrogen-bond acceptors (Lipinski definition) is 4. The number of nitrogens with zero attached hydrogens (tertiary/aromatic N) is 1. The van der Waals surface area contributed by atoms with E-state index in [0.29, 0.717) is 6.54 Å². The van der Waals surface area contributed by atoms with Crippen LogP contribution >= 0.6 is 0 Å². The van der Waals surface area contributed by atoms with Crippen molar-refractivity contribution in [2.75, 3.05) is 19.8 Å². The quantitative estimate of drug-likeness (QED) is 0.346. The standard InChI is InChI=1S/C7H15N3O2/c1-2-3-10(5-9)6(4-8)7(11)12/h2,6H,1,3-5,8-9H2,(H,11,12). The number of nitrogens with two attached hydrogens (primary N) is 2. The van der Waals surface area contributed by atoms with E-state index in [9.17, 15) is 4.79 Å². The zero-order valence-corrected chi connectivity index (χ0v) is 6.94. The Morgan fingerprint density at radius 1 is 1.67 bits per heavy atom. The summed E-state index contributed by atoms with van der Waals surface area (Å²) in [5.74, 6) is -0.954. The summed E-state index contributed by atoms with van der Waals surface area (Å²) >= 11 is 0. The van der Waals surface area contributed by atoms with E-state index in [1.54, 1.807) is 6.08 Å². The fourth-order valence-electron chi connectivity index (χ4n) is 0.901. The van der Waals surface area contributed by atoms with Gasteiger partial charge in [0.25, 0.3) is 0 Å². The Labute approximate surface area is 71.6 Å². The van der Waals surface area contributed by atoms with Crippen LogP contribution in [-0.2, 0) is 4.79 Å². The maximum Gasteiger partial charge on any atom is 0.322 e. The van der Waals surface area contributed by atoms with E-state index in [2.05, 4.69) is 6.58 Å². The first kappa shape index (κ1) is 11.1. The number of carbonyl (C=O) groups is 1. The maximum atomic E-state index is 10.6. The summed E-state index contributed by atoms with van der Waals surface area (Å²) < 4.78 is 0. The number of carboxylic acid groups (broad SMARTS) is 1. The third kappa shape index (κ3) is 3.00. The van der Waals surface area contributed by atoms with Gasteiger partial charge in [0.1, 0.15) is 6.04 Å². The first-order valence-corrected chi connectivity index (χ1v) is 3.65. The molecule has 0 saturated carbocycles. The van der Waals surface area contributed by atoms with Crippen LogP contribution in [0.2, 0.25) is 0 Å². The van der Waals surface area contributed by atoms with Crippen molar-refractivity contribution in [2.45, 2.75) is 6.04 Å². The van der Waals surface area contributed by atoms with E-state index < -0.39 is 12.0 Å². The van der Waals surface area contributed by atoms with Crippen LogP contribution in [0.25, 0.3) is 0 Å². The molecule has 0 aliphatic heterocycles. The lowest BCUT2D eigenvalue weighted by molar-refractivity contribution is -0.142. The Morgan fingerprint density at radius 2 is 2.25 bits per heavy atom. The molecule has 1 unspecified atom stereocenters. The molecule has 0 saturated heterocycles. The van der Waals surface area contributed by atoms with E-state index in [4.69, 9.17) is 16.6 Å². The normalized spacial score (nSPS) is 12.9. The average molecular weight is 173 g/mol. The molecule has 12 heavy (non-hydrogen) atoms. The number of rotatable bonds is 6. The molecule has 5 nitrogen and oxygen atoms in total. The molecule has 0 rings (SSSR count). The van der Waals surface area contributed by atoms with Crippen LogP contribution in [0, 0.1) is 0 Å². The van der Waals surface area contributed by atoms with Crippen LogP contribution in [0.4, 0.5) is 0 Å². The Bertz CT molecular complexity index is 161. The van der Waals surface area contributed by atoms with Crippen LogP contribution in [0.5, 0.6) is 0 Å². The highest BCUT2D eigenvalue weighted by Gasteiger charge is 2.21. The molecule has 0 aliphatic carbocycles. The molecule has 0 spiro atoms. The first-order chi connectivity index (χ1) is 5.67.